The van der Waals surface area contributed by atoms with Crippen molar-refractivity contribution in [2.24, 2.45) is 10.6 Å². The number of ether oxygens (including phenoxy) is 1. The van der Waals surface area contributed by atoms with Gasteiger partial charge in [0.25, 0.3) is 5.91 Å². The largest absolute Gasteiger partial charge is 0.444 e. The Bertz CT molecular complexity index is 1400. The van der Waals surface area contributed by atoms with Crippen molar-refractivity contribution >= 4 is 46.9 Å². The molecule has 4 atom stereocenters. The van der Waals surface area contributed by atoms with Crippen molar-refractivity contribution in [2.45, 2.75) is 122 Å². The molecule has 2 fully saturated rings. The average Bonchev–Trinajstić information content (AvgIpc) is 3.54. The minimum atomic E-state index is -1.08. The summed E-state index contributed by atoms with van der Waals surface area (Å²) in [5, 5.41) is 13.0. The molecule has 0 bridgehead atoms. The molecule has 1 aromatic carbocycles. The number of halogens is 1. The number of rotatable bonds is 10. The summed E-state index contributed by atoms with van der Waals surface area (Å²) in [6.45, 7) is 12.4. The fraction of sp³-hybridized carbons (Fsp3) is 0.636. The number of hydrogen-bond acceptors (Lipinski definition) is 8. The lowest BCUT2D eigenvalue weighted by Crippen LogP contribution is -2.59. The molecule has 13 heteroatoms. The smallest absolute Gasteiger partial charge is 0.408 e. The van der Waals surface area contributed by atoms with Gasteiger partial charge >= 0.3 is 6.09 Å². The number of nitrogens with zero attached hydrogens (tertiary/aromatic N) is 2. The monoisotopic (exact) mass is 659 g/mol. The molecule has 3 aliphatic rings. The molecule has 12 nitrogen and oxygen atoms in total. The molecule has 1 unspecified atom stereocenters. The van der Waals surface area contributed by atoms with E-state index < -0.39 is 64.3 Å². The Labute approximate surface area is 275 Å². The van der Waals surface area contributed by atoms with E-state index in [9.17, 15) is 24.0 Å². The van der Waals surface area contributed by atoms with Crippen LogP contribution >= 0.6 is 11.6 Å². The average molecular weight is 660 g/mol. The van der Waals surface area contributed by atoms with Gasteiger partial charge in [0, 0.05) is 29.5 Å². The number of carbonyl (C=O) groups is 5. The van der Waals surface area contributed by atoms with Gasteiger partial charge in [0.2, 0.25) is 17.6 Å². The standard InChI is InChI=1S/C33H46ClN5O7/c1-8-10-22(25(40)28(42)35-21-13-14-21)36-27(41)24-17-33(16-23(38-46-33)19-11-9-12-20(34)15-19)18-39(24)29(43)26(31(2,3)4)37-30(44)45-32(5,6)7/h9,11-12,15,21-22,24,26H,8,10,13-14,16-18H2,1-7H3,(H,35,42)(H,36,41)(H,37,44)/t22-,24-,26+,33?/m0/s1. The fourth-order valence-electron chi connectivity index (χ4n) is 5.66. The van der Waals surface area contributed by atoms with E-state index in [0.717, 1.165) is 18.4 Å². The summed E-state index contributed by atoms with van der Waals surface area (Å²) < 4.78 is 5.45. The molecule has 1 saturated carbocycles. The van der Waals surface area contributed by atoms with Gasteiger partial charge in [-0.1, -0.05) is 63.0 Å². The second-order valence-corrected chi connectivity index (χ2v) is 15.0. The summed E-state index contributed by atoms with van der Waals surface area (Å²) in [6, 6.07) is 3.93. The fourth-order valence-corrected chi connectivity index (χ4v) is 5.85. The number of ketones is 1. The number of benzene rings is 1. The Morgan fingerprint density at radius 3 is 2.39 bits per heavy atom. The van der Waals surface area contributed by atoms with Gasteiger partial charge in [-0.3, -0.25) is 19.2 Å². The van der Waals surface area contributed by atoms with Crippen LogP contribution in [-0.4, -0.2) is 82.1 Å². The molecule has 0 radical (unpaired) electrons. The first-order valence-electron chi connectivity index (χ1n) is 15.9. The van der Waals surface area contributed by atoms with Crippen LogP contribution < -0.4 is 16.0 Å². The number of alkyl carbamates (subject to hydrolysis) is 1. The van der Waals surface area contributed by atoms with Gasteiger partial charge in [0.15, 0.2) is 5.60 Å². The van der Waals surface area contributed by atoms with Crippen LogP contribution in [0.15, 0.2) is 29.4 Å². The molecule has 1 saturated heterocycles. The molecular weight excluding hydrogens is 614 g/mol. The van der Waals surface area contributed by atoms with Crippen molar-refractivity contribution in [3.05, 3.63) is 34.9 Å². The summed E-state index contributed by atoms with van der Waals surface area (Å²) in [4.78, 5) is 74.3. The van der Waals surface area contributed by atoms with Crippen molar-refractivity contribution in [3.8, 4) is 0 Å². The lowest BCUT2D eigenvalue weighted by molar-refractivity contribution is -0.144. The van der Waals surface area contributed by atoms with E-state index in [1.165, 1.54) is 4.90 Å². The van der Waals surface area contributed by atoms with E-state index in [0.29, 0.717) is 23.6 Å². The van der Waals surface area contributed by atoms with E-state index in [-0.39, 0.29) is 25.4 Å². The third-order valence-electron chi connectivity index (χ3n) is 8.10. The maximum Gasteiger partial charge on any atom is 0.408 e. The topological polar surface area (TPSA) is 156 Å². The van der Waals surface area contributed by atoms with Crippen LogP contribution in [0.5, 0.6) is 0 Å². The summed E-state index contributed by atoms with van der Waals surface area (Å²) in [5.74, 6) is -2.57. The zero-order valence-electron chi connectivity index (χ0n) is 27.7. The molecule has 0 aromatic heterocycles. The van der Waals surface area contributed by atoms with E-state index in [4.69, 9.17) is 21.2 Å². The van der Waals surface area contributed by atoms with Crippen LogP contribution in [-0.2, 0) is 28.8 Å². The molecule has 3 N–H and O–H groups in total. The second kappa shape index (κ2) is 13.6. The maximum absolute atomic E-state index is 14.4. The lowest BCUT2D eigenvalue weighted by atomic mass is 9.85. The molecular formula is C33H46ClN5O7. The molecule has 4 amide bonds. The predicted octanol–water partition coefficient (Wildman–Crippen LogP) is 3.88. The highest BCUT2D eigenvalue weighted by atomic mass is 35.5. The van der Waals surface area contributed by atoms with Crippen LogP contribution in [0.25, 0.3) is 0 Å². The van der Waals surface area contributed by atoms with Gasteiger partial charge < -0.3 is 30.4 Å². The highest BCUT2D eigenvalue weighted by molar-refractivity contribution is 6.38. The van der Waals surface area contributed by atoms with Crippen LogP contribution in [0.2, 0.25) is 5.02 Å². The third-order valence-corrected chi connectivity index (χ3v) is 8.34. The van der Waals surface area contributed by atoms with Gasteiger partial charge in [-0.2, -0.15) is 0 Å². The molecule has 1 aliphatic carbocycles. The Morgan fingerprint density at radius 2 is 1.80 bits per heavy atom. The van der Waals surface area contributed by atoms with Gasteiger partial charge in [0.05, 0.1) is 18.3 Å². The molecule has 2 aliphatic heterocycles. The number of carbonyl (C=O) groups excluding carboxylic acids is 5. The molecule has 1 spiro atoms. The van der Waals surface area contributed by atoms with Gasteiger partial charge in [-0.25, -0.2) is 4.79 Å². The first-order valence-corrected chi connectivity index (χ1v) is 16.3. The van der Waals surface area contributed by atoms with Crippen molar-refractivity contribution in [1.29, 1.82) is 0 Å². The van der Waals surface area contributed by atoms with Crippen LogP contribution in [0, 0.1) is 5.41 Å². The molecule has 2 heterocycles. The van der Waals surface area contributed by atoms with E-state index >= 15 is 0 Å². The number of likely N-dealkylation sites (tertiary alicyclic amines) is 1. The summed E-state index contributed by atoms with van der Waals surface area (Å²) >= 11 is 6.21. The molecule has 1 aromatic rings. The number of nitrogens with one attached hydrogen (secondary N) is 3. The summed E-state index contributed by atoms with van der Waals surface area (Å²) in [6.07, 6.45) is 2.01. The molecule has 46 heavy (non-hydrogen) atoms. The highest BCUT2D eigenvalue weighted by Crippen LogP contribution is 2.40. The summed E-state index contributed by atoms with van der Waals surface area (Å²) in [5.41, 5.74) is -1.24. The zero-order chi connectivity index (χ0) is 34.0. The number of oxime groups is 1. The number of amides is 4. The SMILES string of the molecule is CCC[C@H](NC(=O)[C@@H]1CC2(CC(c3cccc(Cl)c3)=NO2)CN1C(=O)[C@@H](NC(=O)OC(C)(C)C)C(C)(C)C)C(=O)C(=O)NC1CC1. The molecule has 4 rings (SSSR count). The van der Waals surface area contributed by atoms with Gasteiger partial charge in [0.1, 0.15) is 17.7 Å². The third kappa shape index (κ3) is 8.77. The molecule has 252 valence electrons. The zero-order valence-corrected chi connectivity index (χ0v) is 28.5. The number of hydrogen-bond donors (Lipinski definition) is 3. The van der Waals surface area contributed by atoms with Crippen molar-refractivity contribution in [2.75, 3.05) is 6.54 Å². The second-order valence-electron chi connectivity index (χ2n) is 14.6. The van der Waals surface area contributed by atoms with Crippen LogP contribution in [0.4, 0.5) is 4.79 Å². The van der Waals surface area contributed by atoms with E-state index in [1.54, 1.807) is 59.7 Å². The first-order chi connectivity index (χ1) is 21.4. The minimum Gasteiger partial charge on any atom is -0.444 e. The minimum absolute atomic E-state index is 0.00534. The Morgan fingerprint density at radius 1 is 1.11 bits per heavy atom. The van der Waals surface area contributed by atoms with Crippen LogP contribution in [0.1, 0.15) is 92.6 Å². The highest BCUT2D eigenvalue weighted by Gasteiger charge is 2.55. The summed E-state index contributed by atoms with van der Waals surface area (Å²) in [7, 11) is 0. The predicted molar refractivity (Wildman–Crippen MR) is 172 cm³/mol. The van der Waals surface area contributed by atoms with Crippen molar-refractivity contribution in [3.63, 3.8) is 0 Å². The maximum atomic E-state index is 14.4. The Kier molecular flexibility index (Phi) is 10.4. The first kappa shape index (κ1) is 35.2. The Balaban J connectivity index is 1.61. The van der Waals surface area contributed by atoms with Gasteiger partial charge in [-0.05, 0) is 57.6 Å². The Hall–Kier alpha value is -3.67. The quantitative estimate of drug-likeness (QED) is 0.322. The lowest BCUT2D eigenvalue weighted by Gasteiger charge is -2.36. The van der Waals surface area contributed by atoms with Gasteiger partial charge in [-0.15, -0.1) is 0 Å². The number of Topliss-reactive ketones (excluding diaryl/α,β-unsaturated/α-hetero) is 1. The van der Waals surface area contributed by atoms with Crippen molar-refractivity contribution in [1.82, 2.24) is 20.9 Å². The van der Waals surface area contributed by atoms with Crippen LogP contribution in [0.3, 0.4) is 0 Å². The normalized spacial score (nSPS) is 22.4. The van der Waals surface area contributed by atoms with E-state index in [2.05, 4.69) is 21.1 Å². The van der Waals surface area contributed by atoms with E-state index in [1.807, 2.05) is 13.0 Å². The van der Waals surface area contributed by atoms with Crippen molar-refractivity contribution < 1.29 is 33.5 Å².